The van der Waals surface area contributed by atoms with Gasteiger partial charge < -0.3 is 20.1 Å². The van der Waals surface area contributed by atoms with E-state index in [1.165, 1.54) is 0 Å². The lowest BCUT2D eigenvalue weighted by molar-refractivity contribution is 0.257. The molecule has 1 aromatic rings. The predicted molar refractivity (Wildman–Crippen MR) is 69.6 cm³/mol. The monoisotopic (exact) mass is 238 g/mol. The number of benzene rings is 1. The fourth-order valence-electron chi connectivity index (χ4n) is 2.09. The van der Waals surface area contributed by atoms with Crippen molar-refractivity contribution in [2.45, 2.75) is 19.0 Å². The molecule has 0 fully saturated rings. The molecule has 0 aliphatic carbocycles. The zero-order valence-corrected chi connectivity index (χ0v) is 11.2. The fraction of sp³-hybridized carbons (Fsp3) is 0.538. The summed E-state index contributed by atoms with van der Waals surface area (Å²) in [6.07, 6.45) is 0. The van der Waals surface area contributed by atoms with Gasteiger partial charge in [0.2, 0.25) is 0 Å². The van der Waals surface area contributed by atoms with Gasteiger partial charge in [-0.1, -0.05) is 6.07 Å². The molecule has 2 unspecified atom stereocenters. The summed E-state index contributed by atoms with van der Waals surface area (Å²) in [5.74, 6) is 1.59. The highest BCUT2D eigenvalue weighted by atomic mass is 16.5. The summed E-state index contributed by atoms with van der Waals surface area (Å²) in [6, 6.07) is 5.96. The van der Waals surface area contributed by atoms with Crippen molar-refractivity contribution in [2.75, 3.05) is 28.3 Å². The molecule has 0 radical (unpaired) electrons. The number of hydrogen-bond acceptors (Lipinski definition) is 4. The van der Waals surface area contributed by atoms with E-state index < -0.39 is 0 Å². The number of nitrogens with two attached hydrogens (primary N) is 1. The van der Waals surface area contributed by atoms with E-state index in [1.807, 2.05) is 39.2 Å². The first-order valence-corrected chi connectivity index (χ1v) is 5.65. The molecule has 0 saturated heterocycles. The van der Waals surface area contributed by atoms with Gasteiger partial charge in [-0.25, -0.2) is 0 Å². The number of nitrogens with zero attached hydrogens (tertiary/aromatic N) is 1. The van der Waals surface area contributed by atoms with Gasteiger partial charge in [0.05, 0.1) is 20.3 Å². The Bertz CT molecular complexity index is 356. The van der Waals surface area contributed by atoms with Gasteiger partial charge in [0.25, 0.3) is 0 Å². The van der Waals surface area contributed by atoms with Crippen LogP contribution >= 0.6 is 0 Å². The van der Waals surface area contributed by atoms with E-state index in [0.29, 0.717) is 0 Å². The maximum absolute atomic E-state index is 6.04. The van der Waals surface area contributed by atoms with Gasteiger partial charge in [-0.3, -0.25) is 0 Å². The number of rotatable bonds is 5. The maximum Gasteiger partial charge on any atom is 0.127 e. The molecule has 2 atom stereocenters. The van der Waals surface area contributed by atoms with Gasteiger partial charge >= 0.3 is 0 Å². The minimum absolute atomic E-state index is 0.0206. The lowest BCUT2D eigenvalue weighted by atomic mass is 9.99. The third-order valence-corrected chi connectivity index (χ3v) is 2.81. The minimum Gasteiger partial charge on any atom is -0.497 e. The Hall–Kier alpha value is -1.26. The van der Waals surface area contributed by atoms with Gasteiger partial charge in [0, 0.05) is 17.7 Å². The molecule has 0 saturated carbocycles. The number of methoxy groups -OCH3 is 2. The number of hydrogen-bond donors (Lipinski definition) is 1. The first-order valence-electron chi connectivity index (χ1n) is 5.65. The summed E-state index contributed by atoms with van der Waals surface area (Å²) in [6.45, 7) is 1.99. The van der Waals surface area contributed by atoms with Gasteiger partial charge in [-0.15, -0.1) is 0 Å². The molecule has 0 amide bonds. The first-order chi connectivity index (χ1) is 8.01. The molecule has 96 valence electrons. The summed E-state index contributed by atoms with van der Waals surface area (Å²) in [4.78, 5) is 2.09. The fourth-order valence-corrected chi connectivity index (χ4v) is 2.09. The van der Waals surface area contributed by atoms with E-state index in [-0.39, 0.29) is 12.1 Å². The van der Waals surface area contributed by atoms with Crippen LogP contribution in [0.5, 0.6) is 11.5 Å². The molecule has 17 heavy (non-hydrogen) atoms. The molecule has 0 spiro atoms. The van der Waals surface area contributed by atoms with Crippen LogP contribution in [0.1, 0.15) is 18.5 Å². The predicted octanol–water partition coefficient (Wildman–Crippen LogP) is 1.65. The van der Waals surface area contributed by atoms with Gasteiger partial charge in [-0.05, 0) is 27.1 Å². The SMILES string of the molecule is COc1ccc(C(C(C)N)N(C)C)c(OC)c1. The Labute approximate surface area is 103 Å². The van der Waals surface area contributed by atoms with Crippen LogP contribution in [0.4, 0.5) is 0 Å². The lowest BCUT2D eigenvalue weighted by Crippen LogP contribution is -2.35. The van der Waals surface area contributed by atoms with Crippen molar-refractivity contribution in [2.24, 2.45) is 5.73 Å². The highest BCUT2D eigenvalue weighted by Gasteiger charge is 2.22. The van der Waals surface area contributed by atoms with Gasteiger partial charge in [0.1, 0.15) is 11.5 Å². The Morgan fingerprint density at radius 1 is 1.18 bits per heavy atom. The second kappa shape index (κ2) is 5.89. The highest BCUT2D eigenvalue weighted by Crippen LogP contribution is 2.32. The third kappa shape index (κ3) is 3.11. The largest absolute Gasteiger partial charge is 0.497 e. The van der Waals surface area contributed by atoms with Crippen molar-refractivity contribution < 1.29 is 9.47 Å². The van der Waals surface area contributed by atoms with E-state index >= 15 is 0 Å². The molecule has 0 heterocycles. The molecule has 2 N–H and O–H groups in total. The molecule has 0 aliphatic rings. The molecule has 0 aromatic heterocycles. The Morgan fingerprint density at radius 2 is 1.82 bits per heavy atom. The quantitative estimate of drug-likeness (QED) is 0.847. The van der Waals surface area contributed by atoms with E-state index in [1.54, 1.807) is 14.2 Å². The number of ether oxygens (including phenoxy) is 2. The molecular weight excluding hydrogens is 216 g/mol. The third-order valence-electron chi connectivity index (χ3n) is 2.81. The molecule has 0 bridgehead atoms. The first kappa shape index (κ1) is 13.8. The molecule has 1 aromatic carbocycles. The van der Waals surface area contributed by atoms with Crippen LogP contribution in [-0.4, -0.2) is 39.3 Å². The molecule has 0 aliphatic heterocycles. The van der Waals surface area contributed by atoms with Crippen LogP contribution in [0.25, 0.3) is 0 Å². The average Bonchev–Trinajstić information content (AvgIpc) is 2.28. The Morgan fingerprint density at radius 3 is 2.24 bits per heavy atom. The van der Waals surface area contributed by atoms with Crippen molar-refractivity contribution in [3.05, 3.63) is 23.8 Å². The van der Waals surface area contributed by atoms with Crippen LogP contribution in [0.2, 0.25) is 0 Å². The zero-order chi connectivity index (χ0) is 13.0. The zero-order valence-electron chi connectivity index (χ0n) is 11.2. The van der Waals surface area contributed by atoms with Gasteiger partial charge in [-0.2, -0.15) is 0 Å². The van der Waals surface area contributed by atoms with Crippen LogP contribution in [0.15, 0.2) is 18.2 Å². The van der Waals surface area contributed by atoms with E-state index in [0.717, 1.165) is 17.1 Å². The minimum atomic E-state index is 0.0206. The van der Waals surface area contributed by atoms with Gasteiger partial charge in [0.15, 0.2) is 0 Å². The van der Waals surface area contributed by atoms with Crippen molar-refractivity contribution in [3.8, 4) is 11.5 Å². The summed E-state index contributed by atoms with van der Waals surface area (Å²) in [7, 11) is 7.32. The summed E-state index contributed by atoms with van der Waals surface area (Å²) in [5.41, 5.74) is 7.11. The standard InChI is InChI=1S/C13H22N2O2/c1-9(14)13(15(2)3)11-7-6-10(16-4)8-12(11)17-5/h6-9,13H,14H2,1-5H3. The molecular formula is C13H22N2O2. The molecule has 4 heteroatoms. The molecule has 1 rings (SSSR count). The van der Waals surface area contributed by atoms with Crippen LogP contribution in [0.3, 0.4) is 0 Å². The van der Waals surface area contributed by atoms with Crippen molar-refractivity contribution in [3.63, 3.8) is 0 Å². The second-order valence-electron chi connectivity index (χ2n) is 4.38. The second-order valence-corrected chi connectivity index (χ2v) is 4.38. The average molecular weight is 238 g/mol. The summed E-state index contributed by atoms with van der Waals surface area (Å²) in [5, 5.41) is 0. The summed E-state index contributed by atoms with van der Waals surface area (Å²) < 4.78 is 10.6. The normalized spacial score (nSPS) is 14.5. The van der Waals surface area contributed by atoms with Crippen LogP contribution in [0, 0.1) is 0 Å². The van der Waals surface area contributed by atoms with E-state index in [2.05, 4.69) is 4.90 Å². The highest BCUT2D eigenvalue weighted by molar-refractivity contribution is 5.43. The van der Waals surface area contributed by atoms with E-state index in [9.17, 15) is 0 Å². The van der Waals surface area contributed by atoms with Crippen LogP contribution < -0.4 is 15.2 Å². The van der Waals surface area contributed by atoms with E-state index in [4.69, 9.17) is 15.2 Å². The van der Waals surface area contributed by atoms with Crippen LogP contribution in [-0.2, 0) is 0 Å². The Kier molecular flexibility index (Phi) is 4.78. The summed E-state index contributed by atoms with van der Waals surface area (Å²) >= 11 is 0. The smallest absolute Gasteiger partial charge is 0.127 e. The van der Waals surface area contributed by atoms with Crippen molar-refractivity contribution in [1.29, 1.82) is 0 Å². The van der Waals surface area contributed by atoms with Crippen molar-refractivity contribution in [1.82, 2.24) is 4.90 Å². The Balaban J connectivity index is 3.18. The van der Waals surface area contributed by atoms with Crippen molar-refractivity contribution >= 4 is 0 Å². The number of likely N-dealkylation sites (N-methyl/N-ethyl adjacent to an activating group) is 1. The lowest BCUT2D eigenvalue weighted by Gasteiger charge is -2.29. The maximum atomic E-state index is 6.04. The topological polar surface area (TPSA) is 47.7 Å². The molecule has 4 nitrogen and oxygen atoms in total.